The SMILES string of the molecule is CC(C)(Oc1ccc(Br)cc1)C(=O)NCCc1ccc(Cl)cc1. The van der Waals surface area contributed by atoms with Gasteiger partial charge < -0.3 is 10.1 Å². The van der Waals surface area contributed by atoms with Crippen LogP contribution in [0.1, 0.15) is 19.4 Å². The molecule has 0 atom stereocenters. The van der Waals surface area contributed by atoms with E-state index in [0.717, 1.165) is 16.5 Å². The summed E-state index contributed by atoms with van der Waals surface area (Å²) in [7, 11) is 0. The first-order valence-electron chi connectivity index (χ1n) is 7.34. The van der Waals surface area contributed by atoms with Crippen molar-refractivity contribution in [3.63, 3.8) is 0 Å². The molecule has 2 aromatic carbocycles. The Labute approximate surface area is 150 Å². The van der Waals surface area contributed by atoms with Crippen LogP contribution in [-0.4, -0.2) is 18.1 Å². The highest BCUT2D eigenvalue weighted by Gasteiger charge is 2.29. The molecule has 0 aliphatic carbocycles. The topological polar surface area (TPSA) is 38.3 Å². The Bertz CT molecular complexity index is 654. The molecular formula is C18H19BrClNO2. The van der Waals surface area contributed by atoms with Crippen molar-refractivity contribution in [1.29, 1.82) is 0 Å². The molecule has 122 valence electrons. The van der Waals surface area contributed by atoms with E-state index < -0.39 is 5.60 Å². The highest BCUT2D eigenvalue weighted by Crippen LogP contribution is 2.21. The standard InChI is InChI=1S/C18H19BrClNO2/c1-18(2,23-16-9-5-14(19)6-10-16)17(22)21-12-11-13-3-7-15(20)8-4-13/h3-10H,11-12H2,1-2H3,(H,21,22). The predicted molar refractivity (Wildman–Crippen MR) is 97.0 cm³/mol. The Morgan fingerprint density at radius 3 is 2.35 bits per heavy atom. The molecule has 0 radical (unpaired) electrons. The Hall–Kier alpha value is -1.52. The van der Waals surface area contributed by atoms with E-state index in [4.69, 9.17) is 16.3 Å². The van der Waals surface area contributed by atoms with Crippen LogP contribution in [0.3, 0.4) is 0 Å². The first-order chi connectivity index (χ1) is 10.9. The van der Waals surface area contributed by atoms with Crippen LogP contribution >= 0.6 is 27.5 Å². The average molecular weight is 397 g/mol. The maximum atomic E-state index is 12.3. The predicted octanol–water partition coefficient (Wildman–Crippen LogP) is 4.62. The number of rotatable bonds is 6. The van der Waals surface area contributed by atoms with Crippen molar-refractivity contribution >= 4 is 33.4 Å². The normalized spacial score (nSPS) is 11.1. The molecule has 1 amide bonds. The maximum Gasteiger partial charge on any atom is 0.263 e. The van der Waals surface area contributed by atoms with E-state index in [1.165, 1.54) is 0 Å². The largest absolute Gasteiger partial charge is 0.478 e. The van der Waals surface area contributed by atoms with E-state index in [2.05, 4.69) is 21.2 Å². The van der Waals surface area contributed by atoms with E-state index in [0.29, 0.717) is 17.3 Å². The summed E-state index contributed by atoms with van der Waals surface area (Å²) in [5, 5.41) is 3.62. The third-order valence-electron chi connectivity index (χ3n) is 3.35. The lowest BCUT2D eigenvalue weighted by Crippen LogP contribution is -2.47. The highest BCUT2D eigenvalue weighted by atomic mass is 79.9. The minimum absolute atomic E-state index is 0.144. The van der Waals surface area contributed by atoms with Crippen LogP contribution in [0.4, 0.5) is 0 Å². The summed E-state index contributed by atoms with van der Waals surface area (Å²) in [4.78, 5) is 12.3. The second kappa shape index (κ2) is 7.84. The van der Waals surface area contributed by atoms with E-state index in [-0.39, 0.29) is 5.91 Å². The number of halogens is 2. The molecule has 0 saturated heterocycles. The van der Waals surface area contributed by atoms with Gasteiger partial charge in [0.05, 0.1) is 0 Å². The molecule has 0 bridgehead atoms. The molecule has 0 spiro atoms. The number of benzene rings is 2. The van der Waals surface area contributed by atoms with Gasteiger partial charge >= 0.3 is 0 Å². The minimum atomic E-state index is -0.937. The van der Waals surface area contributed by atoms with Crippen LogP contribution < -0.4 is 10.1 Å². The molecule has 0 saturated carbocycles. The van der Waals surface area contributed by atoms with Crippen LogP contribution in [0.5, 0.6) is 5.75 Å². The van der Waals surface area contributed by atoms with Gasteiger partial charge in [0.15, 0.2) is 5.60 Å². The van der Waals surface area contributed by atoms with Crippen molar-refractivity contribution in [1.82, 2.24) is 5.32 Å². The first kappa shape index (κ1) is 17.8. The lowest BCUT2D eigenvalue weighted by molar-refractivity contribution is -0.134. The van der Waals surface area contributed by atoms with Crippen LogP contribution in [0.15, 0.2) is 53.0 Å². The Kier molecular flexibility index (Phi) is 6.08. The molecule has 3 nitrogen and oxygen atoms in total. The molecular weight excluding hydrogens is 378 g/mol. The van der Waals surface area contributed by atoms with Crippen molar-refractivity contribution < 1.29 is 9.53 Å². The van der Waals surface area contributed by atoms with Gasteiger partial charge in [0, 0.05) is 16.0 Å². The zero-order valence-electron chi connectivity index (χ0n) is 13.1. The molecule has 2 aromatic rings. The van der Waals surface area contributed by atoms with Gasteiger partial charge in [-0.2, -0.15) is 0 Å². The zero-order chi connectivity index (χ0) is 16.9. The summed E-state index contributed by atoms with van der Waals surface area (Å²) in [6.45, 7) is 4.06. The average Bonchev–Trinajstić information content (AvgIpc) is 2.51. The van der Waals surface area contributed by atoms with Gasteiger partial charge in [0.2, 0.25) is 0 Å². The van der Waals surface area contributed by atoms with Crippen molar-refractivity contribution in [3.8, 4) is 5.75 Å². The van der Waals surface area contributed by atoms with Gasteiger partial charge in [-0.05, 0) is 62.2 Å². The highest BCUT2D eigenvalue weighted by molar-refractivity contribution is 9.10. The van der Waals surface area contributed by atoms with Gasteiger partial charge in [-0.25, -0.2) is 0 Å². The number of carbonyl (C=O) groups is 1. The molecule has 0 heterocycles. The molecule has 0 aromatic heterocycles. The van der Waals surface area contributed by atoms with Crippen molar-refractivity contribution in [3.05, 3.63) is 63.6 Å². The number of nitrogens with one attached hydrogen (secondary N) is 1. The first-order valence-corrected chi connectivity index (χ1v) is 8.51. The smallest absolute Gasteiger partial charge is 0.263 e. The number of carbonyl (C=O) groups excluding carboxylic acids is 1. The fourth-order valence-corrected chi connectivity index (χ4v) is 2.42. The van der Waals surface area contributed by atoms with Crippen molar-refractivity contribution in [2.75, 3.05) is 6.54 Å². The lowest BCUT2D eigenvalue weighted by atomic mass is 10.1. The number of ether oxygens (including phenoxy) is 1. The molecule has 2 rings (SSSR count). The number of hydrogen-bond acceptors (Lipinski definition) is 2. The van der Waals surface area contributed by atoms with E-state index in [1.807, 2.05) is 48.5 Å². The van der Waals surface area contributed by atoms with Crippen LogP contribution in [0.2, 0.25) is 5.02 Å². The van der Waals surface area contributed by atoms with E-state index in [1.54, 1.807) is 13.8 Å². The molecule has 0 aliphatic heterocycles. The summed E-state index contributed by atoms with van der Waals surface area (Å²) in [6.07, 6.45) is 0.747. The molecule has 1 N–H and O–H groups in total. The van der Waals surface area contributed by atoms with Crippen molar-refractivity contribution in [2.24, 2.45) is 0 Å². The van der Waals surface area contributed by atoms with Gasteiger partial charge in [-0.15, -0.1) is 0 Å². The van der Waals surface area contributed by atoms with Gasteiger partial charge in [0.25, 0.3) is 5.91 Å². The number of hydrogen-bond donors (Lipinski definition) is 1. The van der Waals surface area contributed by atoms with E-state index in [9.17, 15) is 4.79 Å². The quantitative estimate of drug-likeness (QED) is 0.774. The molecule has 0 aliphatic rings. The van der Waals surface area contributed by atoms with Gasteiger partial charge in [-0.1, -0.05) is 39.7 Å². The minimum Gasteiger partial charge on any atom is -0.478 e. The van der Waals surface area contributed by atoms with Crippen LogP contribution in [-0.2, 0) is 11.2 Å². The summed E-state index contributed by atoms with van der Waals surface area (Å²) in [5.74, 6) is 0.514. The Morgan fingerprint density at radius 2 is 1.74 bits per heavy atom. The molecule has 0 fully saturated rings. The van der Waals surface area contributed by atoms with Crippen molar-refractivity contribution in [2.45, 2.75) is 25.9 Å². The molecule has 5 heteroatoms. The Morgan fingerprint density at radius 1 is 1.13 bits per heavy atom. The third-order valence-corrected chi connectivity index (χ3v) is 4.13. The van der Waals surface area contributed by atoms with Crippen LogP contribution in [0, 0.1) is 0 Å². The summed E-state index contributed by atoms with van der Waals surface area (Å²) >= 11 is 9.23. The second-order valence-electron chi connectivity index (χ2n) is 5.70. The summed E-state index contributed by atoms with van der Waals surface area (Å²) in [6, 6.07) is 15.0. The second-order valence-corrected chi connectivity index (χ2v) is 7.05. The monoisotopic (exact) mass is 395 g/mol. The van der Waals surface area contributed by atoms with Gasteiger partial charge in [-0.3, -0.25) is 4.79 Å². The van der Waals surface area contributed by atoms with Gasteiger partial charge in [0.1, 0.15) is 5.75 Å². The van der Waals surface area contributed by atoms with Crippen LogP contribution in [0.25, 0.3) is 0 Å². The zero-order valence-corrected chi connectivity index (χ0v) is 15.4. The van der Waals surface area contributed by atoms with E-state index >= 15 is 0 Å². The Balaban J connectivity index is 1.85. The number of amides is 1. The summed E-state index contributed by atoms with van der Waals surface area (Å²) in [5.41, 5.74) is 0.190. The third kappa shape index (κ3) is 5.56. The molecule has 23 heavy (non-hydrogen) atoms. The molecule has 0 unspecified atom stereocenters. The maximum absolute atomic E-state index is 12.3. The lowest BCUT2D eigenvalue weighted by Gasteiger charge is -2.25. The fourth-order valence-electron chi connectivity index (χ4n) is 2.03. The summed E-state index contributed by atoms with van der Waals surface area (Å²) < 4.78 is 6.75. The fraction of sp³-hybridized carbons (Fsp3) is 0.278.